The van der Waals surface area contributed by atoms with Gasteiger partial charge in [-0.05, 0) is 25.7 Å². The van der Waals surface area contributed by atoms with Gasteiger partial charge in [-0.2, -0.15) is 0 Å². The fourth-order valence-corrected chi connectivity index (χ4v) is 1.62. The Morgan fingerprint density at radius 1 is 1.83 bits per heavy atom. The highest BCUT2D eigenvalue weighted by Crippen LogP contribution is 2.44. The molecule has 3 nitrogen and oxygen atoms in total. The monoisotopic (exact) mass is 191 g/mol. The second-order valence-corrected chi connectivity index (χ2v) is 3.52. The fourth-order valence-electron chi connectivity index (χ4n) is 1.36. The number of hydrogen-bond acceptors (Lipinski definition) is 3. The minimum Gasteiger partial charge on any atom is -0.465 e. The van der Waals surface area contributed by atoms with Crippen LogP contribution in [0.25, 0.3) is 0 Å². The summed E-state index contributed by atoms with van der Waals surface area (Å²) in [7, 11) is 0. The van der Waals surface area contributed by atoms with Crippen molar-refractivity contribution in [3.63, 3.8) is 0 Å². The molecule has 4 heteroatoms. The van der Waals surface area contributed by atoms with Crippen LogP contribution in [0.5, 0.6) is 0 Å². The first-order valence-electron chi connectivity index (χ1n) is 4.17. The summed E-state index contributed by atoms with van der Waals surface area (Å²) in [5.74, 6) is 0.511. The van der Waals surface area contributed by atoms with Gasteiger partial charge in [-0.1, -0.05) is 0 Å². The van der Waals surface area contributed by atoms with Crippen molar-refractivity contribution in [2.24, 2.45) is 11.7 Å². The van der Waals surface area contributed by atoms with Crippen molar-refractivity contribution >= 4 is 17.6 Å². The van der Waals surface area contributed by atoms with E-state index in [0.717, 1.165) is 12.8 Å². The Balaban J connectivity index is 2.38. The zero-order chi connectivity index (χ0) is 9.19. The molecule has 0 radical (unpaired) electrons. The largest absolute Gasteiger partial charge is 0.465 e. The first-order chi connectivity index (χ1) is 5.65. The number of carbonyl (C=O) groups is 1. The summed E-state index contributed by atoms with van der Waals surface area (Å²) in [5, 5.41) is 0. The molecule has 0 aromatic rings. The van der Waals surface area contributed by atoms with E-state index < -0.39 is 5.54 Å². The maximum atomic E-state index is 11.2. The third-order valence-corrected chi connectivity index (χ3v) is 2.48. The maximum Gasteiger partial charge on any atom is 0.326 e. The summed E-state index contributed by atoms with van der Waals surface area (Å²) in [5.41, 5.74) is 5.06. The molecule has 1 saturated carbocycles. The van der Waals surface area contributed by atoms with Crippen molar-refractivity contribution in [1.29, 1.82) is 0 Å². The third-order valence-electron chi connectivity index (χ3n) is 2.27. The molecule has 0 aromatic heterocycles. The number of nitrogens with two attached hydrogens (primary N) is 1. The highest BCUT2D eigenvalue weighted by molar-refractivity contribution is 6.17. The van der Waals surface area contributed by atoms with Crippen molar-refractivity contribution in [1.82, 2.24) is 0 Å². The minimum atomic E-state index is -0.717. The molecule has 70 valence electrons. The molecule has 1 fully saturated rings. The van der Waals surface area contributed by atoms with Gasteiger partial charge in [0.05, 0.1) is 6.61 Å². The molecule has 1 rings (SSSR count). The number of rotatable bonds is 4. The summed E-state index contributed by atoms with van der Waals surface area (Å²) in [6.07, 6.45) is 1.52. The van der Waals surface area contributed by atoms with Crippen LogP contribution in [0.1, 0.15) is 19.8 Å². The lowest BCUT2D eigenvalue weighted by Crippen LogP contribution is -2.37. The van der Waals surface area contributed by atoms with E-state index in [0.29, 0.717) is 12.5 Å². The molecule has 0 aliphatic heterocycles. The Bertz CT molecular complexity index is 186. The number of carbonyl (C=O) groups excluding carboxylic acids is 1. The molecule has 0 saturated heterocycles. The van der Waals surface area contributed by atoms with Crippen LogP contribution >= 0.6 is 11.6 Å². The number of ether oxygens (including phenoxy) is 1. The van der Waals surface area contributed by atoms with Gasteiger partial charge in [0, 0.05) is 5.88 Å². The second-order valence-electron chi connectivity index (χ2n) is 3.14. The predicted octanol–water partition coefficient (Wildman–Crippen LogP) is 0.896. The van der Waals surface area contributed by atoms with Gasteiger partial charge in [0.1, 0.15) is 5.54 Å². The molecule has 12 heavy (non-hydrogen) atoms. The van der Waals surface area contributed by atoms with Crippen LogP contribution in [-0.4, -0.2) is 24.0 Å². The van der Waals surface area contributed by atoms with Crippen LogP contribution < -0.4 is 5.73 Å². The van der Waals surface area contributed by atoms with Gasteiger partial charge in [-0.15, -0.1) is 11.6 Å². The summed E-state index contributed by atoms with van der Waals surface area (Å²) in [4.78, 5) is 11.2. The van der Waals surface area contributed by atoms with Gasteiger partial charge in [0.2, 0.25) is 0 Å². The average molecular weight is 192 g/mol. The summed E-state index contributed by atoms with van der Waals surface area (Å²) in [6.45, 7) is 2.17. The molecule has 0 spiro atoms. The zero-order valence-corrected chi connectivity index (χ0v) is 7.93. The molecule has 2 N–H and O–H groups in total. The molecule has 0 heterocycles. The first-order valence-corrected chi connectivity index (χ1v) is 4.70. The van der Waals surface area contributed by atoms with Gasteiger partial charge >= 0.3 is 5.97 Å². The maximum absolute atomic E-state index is 11.2. The van der Waals surface area contributed by atoms with E-state index in [2.05, 4.69) is 0 Å². The van der Waals surface area contributed by atoms with Gasteiger partial charge < -0.3 is 10.5 Å². The molecule has 1 aliphatic carbocycles. The number of hydrogen-bond donors (Lipinski definition) is 1. The van der Waals surface area contributed by atoms with Crippen LogP contribution in [0.2, 0.25) is 0 Å². The van der Waals surface area contributed by atoms with E-state index in [1.54, 1.807) is 6.92 Å². The van der Waals surface area contributed by atoms with E-state index in [1.165, 1.54) is 0 Å². The Morgan fingerprint density at radius 2 is 2.50 bits per heavy atom. The Hall–Kier alpha value is -0.280. The molecular formula is C8H14ClNO2. The van der Waals surface area contributed by atoms with Gasteiger partial charge in [0.15, 0.2) is 0 Å². The molecule has 2 unspecified atom stereocenters. The SMILES string of the molecule is CCOC(=O)C1(N)CC1CCCl. The standard InChI is InChI=1S/C8H14ClNO2/c1-2-12-7(11)8(10)5-6(8)3-4-9/h6H,2-5,10H2,1H3. The highest BCUT2D eigenvalue weighted by atomic mass is 35.5. The lowest BCUT2D eigenvalue weighted by Gasteiger charge is -2.08. The van der Waals surface area contributed by atoms with E-state index in [9.17, 15) is 4.79 Å². The van der Waals surface area contributed by atoms with Crippen LogP contribution in [-0.2, 0) is 9.53 Å². The molecule has 0 aromatic carbocycles. The van der Waals surface area contributed by atoms with Crippen molar-refractivity contribution < 1.29 is 9.53 Å². The van der Waals surface area contributed by atoms with Crippen molar-refractivity contribution in [2.75, 3.05) is 12.5 Å². The lowest BCUT2D eigenvalue weighted by molar-refractivity contribution is -0.146. The minimum absolute atomic E-state index is 0.231. The molecule has 0 amide bonds. The third kappa shape index (κ3) is 1.72. The second kappa shape index (κ2) is 3.62. The summed E-state index contributed by atoms with van der Waals surface area (Å²) >= 11 is 5.54. The number of alkyl halides is 1. The van der Waals surface area contributed by atoms with E-state index >= 15 is 0 Å². The van der Waals surface area contributed by atoms with Gasteiger partial charge in [0.25, 0.3) is 0 Å². The molecule has 2 atom stereocenters. The zero-order valence-electron chi connectivity index (χ0n) is 7.18. The fraction of sp³-hybridized carbons (Fsp3) is 0.875. The van der Waals surface area contributed by atoms with Crippen LogP contribution in [0.3, 0.4) is 0 Å². The van der Waals surface area contributed by atoms with E-state index in [-0.39, 0.29) is 11.9 Å². The lowest BCUT2D eigenvalue weighted by atomic mass is 10.2. The van der Waals surface area contributed by atoms with Crippen molar-refractivity contribution in [3.05, 3.63) is 0 Å². The summed E-state index contributed by atoms with van der Waals surface area (Å²) in [6, 6.07) is 0. The molecule has 1 aliphatic rings. The number of halogens is 1. The van der Waals surface area contributed by atoms with Gasteiger partial charge in [-0.3, -0.25) is 4.79 Å². The first kappa shape index (κ1) is 9.81. The Kier molecular flexibility index (Phi) is 2.96. The average Bonchev–Trinajstić information content (AvgIpc) is 2.65. The van der Waals surface area contributed by atoms with E-state index in [1.807, 2.05) is 0 Å². The molecule has 0 bridgehead atoms. The van der Waals surface area contributed by atoms with Crippen molar-refractivity contribution in [2.45, 2.75) is 25.3 Å². The van der Waals surface area contributed by atoms with Gasteiger partial charge in [-0.25, -0.2) is 0 Å². The number of esters is 1. The summed E-state index contributed by atoms with van der Waals surface area (Å²) < 4.78 is 4.84. The Labute approximate surface area is 77.2 Å². The van der Waals surface area contributed by atoms with Crippen molar-refractivity contribution in [3.8, 4) is 0 Å². The van der Waals surface area contributed by atoms with E-state index in [4.69, 9.17) is 22.1 Å². The molecular weight excluding hydrogens is 178 g/mol. The normalized spacial score (nSPS) is 33.1. The highest BCUT2D eigenvalue weighted by Gasteiger charge is 2.57. The van der Waals surface area contributed by atoms with Crippen LogP contribution in [0, 0.1) is 5.92 Å². The quantitative estimate of drug-likeness (QED) is 0.531. The van der Waals surface area contributed by atoms with Crippen LogP contribution in [0.15, 0.2) is 0 Å². The van der Waals surface area contributed by atoms with Crippen LogP contribution in [0.4, 0.5) is 0 Å². The topological polar surface area (TPSA) is 52.3 Å². The smallest absolute Gasteiger partial charge is 0.326 e. The predicted molar refractivity (Wildman–Crippen MR) is 47.0 cm³/mol. The Morgan fingerprint density at radius 3 is 3.00 bits per heavy atom.